The molecule has 9 heteroatoms. The lowest BCUT2D eigenvalue weighted by Crippen LogP contribution is -2.37. The van der Waals surface area contributed by atoms with E-state index in [4.69, 9.17) is 9.84 Å². The van der Waals surface area contributed by atoms with E-state index >= 15 is 0 Å². The summed E-state index contributed by atoms with van der Waals surface area (Å²) in [7, 11) is 0. The van der Waals surface area contributed by atoms with Gasteiger partial charge in [0.2, 0.25) is 0 Å². The minimum absolute atomic E-state index is 0.364. The maximum atomic E-state index is 13.8. The summed E-state index contributed by atoms with van der Waals surface area (Å²) in [4.78, 5) is 24.5. The Bertz CT molecular complexity index is 572. The molecule has 1 aliphatic heterocycles. The maximum Gasteiger partial charge on any atom is 0.330 e. The van der Waals surface area contributed by atoms with Gasteiger partial charge in [0.25, 0.3) is 5.56 Å². The summed E-state index contributed by atoms with van der Waals surface area (Å²) >= 11 is 0. The second-order valence-electron chi connectivity index (χ2n) is 4.14. The van der Waals surface area contributed by atoms with Crippen LogP contribution < -0.4 is 11.2 Å². The predicted molar refractivity (Wildman–Crippen MR) is 58.0 cm³/mol. The molecule has 2 heterocycles. The van der Waals surface area contributed by atoms with Crippen molar-refractivity contribution < 1.29 is 23.7 Å². The van der Waals surface area contributed by atoms with Gasteiger partial charge in [0.1, 0.15) is 18.9 Å². The summed E-state index contributed by atoms with van der Waals surface area (Å²) in [6, 6.07) is 0. The highest BCUT2D eigenvalue weighted by Gasteiger charge is 2.45. The average molecular weight is 278 g/mol. The number of nitrogens with zero attached hydrogens (tertiary/aromatic N) is 1. The number of H-pyrrole nitrogens is 1. The van der Waals surface area contributed by atoms with Gasteiger partial charge in [0, 0.05) is 6.20 Å². The summed E-state index contributed by atoms with van der Waals surface area (Å²) in [5.74, 6) is 0. The van der Waals surface area contributed by atoms with Crippen LogP contribution in [0.1, 0.15) is 11.8 Å². The number of halogens is 2. The molecule has 1 fully saturated rings. The highest BCUT2D eigenvalue weighted by Crippen LogP contribution is 2.30. The maximum absolute atomic E-state index is 13.8. The SMILES string of the molecule is O=c1[nH]c(=O)n([C@H]2O[C@@H](CO)C(O)C2F)cc1CF. The number of nitrogens with one attached hydrogen (secondary N) is 1. The van der Waals surface area contributed by atoms with E-state index in [-0.39, 0.29) is 5.56 Å². The van der Waals surface area contributed by atoms with Gasteiger partial charge in [-0.05, 0) is 0 Å². The predicted octanol–water partition coefficient (Wildman–Crippen LogP) is -1.41. The third-order valence-corrected chi connectivity index (χ3v) is 2.93. The van der Waals surface area contributed by atoms with Crippen molar-refractivity contribution in [2.24, 2.45) is 0 Å². The van der Waals surface area contributed by atoms with Crippen molar-refractivity contribution in [3.63, 3.8) is 0 Å². The first-order chi connectivity index (χ1) is 8.99. The van der Waals surface area contributed by atoms with Crippen molar-refractivity contribution in [3.8, 4) is 0 Å². The normalized spacial score (nSPS) is 30.7. The smallest absolute Gasteiger partial charge is 0.330 e. The topological polar surface area (TPSA) is 105 Å². The van der Waals surface area contributed by atoms with E-state index < -0.39 is 49.1 Å². The molecule has 0 aliphatic carbocycles. The van der Waals surface area contributed by atoms with Gasteiger partial charge in [-0.1, -0.05) is 0 Å². The summed E-state index contributed by atoms with van der Waals surface area (Å²) in [6.07, 6.45) is -5.46. The first-order valence-corrected chi connectivity index (χ1v) is 5.48. The van der Waals surface area contributed by atoms with Crippen molar-refractivity contribution in [1.29, 1.82) is 0 Å². The number of aromatic amines is 1. The van der Waals surface area contributed by atoms with E-state index in [2.05, 4.69) is 0 Å². The van der Waals surface area contributed by atoms with Crippen LogP contribution in [0.25, 0.3) is 0 Å². The first-order valence-electron chi connectivity index (χ1n) is 5.48. The van der Waals surface area contributed by atoms with E-state index in [0.717, 1.165) is 6.20 Å². The van der Waals surface area contributed by atoms with Crippen LogP contribution in [0.3, 0.4) is 0 Å². The molecule has 1 aromatic heterocycles. The molecule has 2 unspecified atom stereocenters. The standard InChI is InChI=1S/C10H12F2N2O5/c11-1-4-2-14(10(18)13-8(4)17)9-6(12)7(16)5(3-15)19-9/h2,5-7,9,15-16H,1,3H2,(H,13,17,18)/t5-,6?,7?,9-/m0/s1. The highest BCUT2D eigenvalue weighted by molar-refractivity contribution is 5.04. The molecule has 0 saturated carbocycles. The molecule has 0 bridgehead atoms. The first kappa shape index (κ1) is 13.8. The quantitative estimate of drug-likeness (QED) is 0.630. The fourth-order valence-electron chi connectivity index (χ4n) is 1.89. The third-order valence-electron chi connectivity index (χ3n) is 2.93. The Labute approximate surface area is 105 Å². The van der Waals surface area contributed by atoms with Crippen molar-refractivity contribution in [1.82, 2.24) is 9.55 Å². The Kier molecular flexibility index (Phi) is 3.78. The number of hydrogen-bond acceptors (Lipinski definition) is 5. The summed E-state index contributed by atoms with van der Waals surface area (Å²) in [5.41, 5.74) is -2.26. The molecular weight excluding hydrogens is 266 g/mol. The van der Waals surface area contributed by atoms with Gasteiger partial charge in [-0.25, -0.2) is 13.6 Å². The van der Waals surface area contributed by atoms with Crippen LogP contribution >= 0.6 is 0 Å². The van der Waals surface area contributed by atoms with Crippen LogP contribution in [0, 0.1) is 0 Å². The van der Waals surface area contributed by atoms with Crippen LogP contribution in [0.4, 0.5) is 8.78 Å². The molecular formula is C10H12F2N2O5. The van der Waals surface area contributed by atoms with Gasteiger partial charge >= 0.3 is 5.69 Å². The van der Waals surface area contributed by atoms with Crippen LogP contribution in [-0.4, -0.2) is 44.8 Å². The van der Waals surface area contributed by atoms with Gasteiger partial charge < -0.3 is 14.9 Å². The highest BCUT2D eigenvalue weighted by atomic mass is 19.1. The van der Waals surface area contributed by atoms with Gasteiger partial charge in [-0.3, -0.25) is 14.3 Å². The Hall–Kier alpha value is -1.58. The monoisotopic (exact) mass is 278 g/mol. The minimum Gasteiger partial charge on any atom is -0.394 e. The Morgan fingerprint density at radius 2 is 2.16 bits per heavy atom. The zero-order chi connectivity index (χ0) is 14.2. The van der Waals surface area contributed by atoms with E-state index in [9.17, 15) is 23.5 Å². The molecule has 0 amide bonds. The zero-order valence-corrected chi connectivity index (χ0v) is 9.62. The zero-order valence-electron chi connectivity index (χ0n) is 9.62. The molecule has 19 heavy (non-hydrogen) atoms. The molecule has 4 atom stereocenters. The van der Waals surface area contributed by atoms with Crippen molar-refractivity contribution in [2.75, 3.05) is 6.61 Å². The second-order valence-corrected chi connectivity index (χ2v) is 4.14. The van der Waals surface area contributed by atoms with Crippen LogP contribution in [0.5, 0.6) is 0 Å². The van der Waals surface area contributed by atoms with E-state index in [1.54, 1.807) is 0 Å². The molecule has 1 aromatic rings. The number of aromatic nitrogens is 2. The lowest BCUT2D eigenvalue weighted by atomic mass is 10.1. The molecule has 0 aromatic carbocycles. The molecule has 2 rings (SSSR count). The van der Waals surface area contributed by atoms with Gasteiger partial charge in [0.05, 0.1) is 12.2 Å². The summed E-state index contributed by atoms with van der Waals surface area (Å²) in [5, 5.41) is 18.3. The number of alkyl halides is 2. The van der Waals surface area contributed by atoms with Gasteiger partial charge in [-0.15, -0.1) is 0 Å². The number of aliphatic hydroxyl groups excluding tert-OH is 2. The average Bonchev–Trinajstić information content (AvgIpc) is 2.67. The van der Waals surface area contributed by atoms with Crippen molar-refractivity contribution in [3.05, 3.63) is 32.6 Å². The van der Waals surface area contributed by atoms with Gasteiger partial charge in [-0.2, -0.15) is 0 Å². The number of aliphatic hydroxyl groups is 2. The van der Waals surface area contributed by atoms with Crippen LogP contribution in [-0.2, 0) is 11.4 Å². The molecule has 7 nitrogen and oxygen atoms in total. The molecule has 106 valence electrons. The molecule has 1 saturated heterocycles. The molecule has 0 spiro atoms. The van der Waals surface area contributed by atoms with Crippen molar-refractivity contribution >= 4 is 0 Å². The van der Waals surface area contributed by atoms with Crippen molar-refractivity contribution in [2.45, 2.75) is 31.3 Å². The fourth-order valence-corrected chi connectivity index (χ4v) is 1.89. The Morgan fingerprint density at radius 3 is 2.68 bits per heavy atom. The number of ether oxygens (including phenoxy) is 1. The van der Waals surface area contributed by atoms with E-state index in [1.165, 1.54) is 0 Å². The minimum atomic E-state index is -1.98. The van der Waals surface area contributed by atoms with Gasteiger partial charge in [0.15, 0.2) is 12.4 Å². The lowest BCUT2D eigenvalue weighted by Gasteiger charge is -2.16. The van der Waals surface area contributed by atoms with E-state index in [1.807, 2.05) is 4.98 Å². The Balaban J connectivity index is 2.43. The summed E-state index contributed by atoms with van der Waals surface area (Å²) in [6.45, 7) is -1.77. The third kappa shape index (κ3) is 2.31. The molecule has 0 radical (unpaired) electrons. The number of rotatable bonds is 3. The van der Waals surface area contributed by atoms with Crippen LogP contribution in [0.2, 0.25) is 0 Å². The lowest BCUT2D eigenvalue weighted by molar-refractivity contribution is -0.0492. The summed E-state index contributed by atoms with van der Waals surface area (Å²) < 4.78 is 32.0. The second kappa shape index (κ2) is 5.19. The molecule has 1 aliphatic rings. The number of hydrogen-bond donors (Lipinski definition) is 3. The van der Waals surface area contributed by atoms with E-state index in [0.29, 0.717) is 4.57 Å². The van der Waals surface area contributed by atoms with Crippen LogP contribution in [0.15, 0.2) is 15.8 Å². The fraction of sp³-hybridized carbons (Fsp3) is 0.600. The largest absolute Gasteiger partial charge is 0.394 e. The Morgan fingerprint density at radius 1 is 1.47 bits per heavy atom. The molecule has 3 N–H and O–H groups in total.